The van der Waals surface area contributed by atoms with E-state index < -0.39 is 17.9 Å². The van der Waals surface area contributed by atoms with Gasteiger partial charge in [0.2, 0.25) is 0 Å². The number of amides is 1. The third kappa shape index (κ3) is 4.06. The molecular formula is C21H20N2O3. The number of aromatic nitrogens is 1. The molecule has 26 heavy (non-hydrogen) atoms. The van der Waals surface area contributed by atoms with Crippen LogP contribution >= 0.6 is 0 Å². The third-order valence-corrected chi connectivity index (χ3v) is 4.18. The predicted molar refractivity (Wildman–Crippen MR) is 99.9 cm³/mol. The number of carbonyl (C=O) groups is 2. The van der Waals surface area contributed by atoms with Gasteiger partial charge in [-0.2, -0.15) is 0 Å². The van der Waals surface area contributed by atoms with Crippen molar-refractivity contribution in [2.45, 2.75) is 19.4 Å². The van der Waals surface area contributed by atoms with Gasteiger partial charge in [-0.1, -0.05) is 54.1 Å². The zero-order valence-corrected chi connectivity index (χ0v) is 14.7. The Morgan fingerprint density at radius 2 is 1.77 bits per heavy atom. The second kappa shape index (κ2) is 7.78. The first-order valence-corrected chi connectivity index (χ1v) is 8.37. The predicted octanol–water partition coefficient (Wildman–Crippen LogP) is 3.06. The summed E-state index contributed by atoms with van der Waals surface area (Å²) in [5.74, 6) is -0.891. The van der Waals surface area contributed by atoms with Crippen LogP contribution in [-0.4, -0.2) is 30.0 Å². The summed E-state index contributed by atoms with van der Waals surface area (Å²) in [6, 6.07) is 18.1. The Morgan fingerprint density at radius 3 is 2.50 bits per heavy atom. The topological polar surface area (TPSA) is 68.3 Å². The zero-order valence-electron chi connectivity index (χ0n) is 14.7. The molecule has 1 aromatic heterocycles. The molecule has 0 unspecified atom stereocenters. The van der Waals surface area contributed by atoms with Gasteiger partial charge in [0, 0.05) is 11.8 Å². The maximum absolute atomic E-state index is 12.6. The van der Waals surface area contributed by atoms with Gasteiger partial charge in [0.1, 0.15) is 11.7 Å². The van der Waals surface area contributed by atoms with Crippen LogP contribution < -0.4 is 5.32 Å². The third-order valence-electron chi connectivity index (χ3n) is 4.18. The average molecular weight is 348 g/mol. The van der Waals surface area contributed by atoms with Gasteiger partial charge in [-0.15, -0.1) is 0 Å². The van der Waals surface area contributed by atoms with Crippen molar-refractivity contribution in [3.05, 3.63) is 77.5 Å². The summed E-state index contributed by atoms with van der Waals surface area (Å²) < 4.78 is 4.84. The van der Waals surface area contributed by atoms with E-state index in [-0.39, 0.29) is 5.69 Å². The second-order valence-electron chi connectivity index (χ2n) is 6.13. The molecule has 0 saturated heterocycles. The van der Waals surface area contributed by atoms with Crippen molar-refractivity contribution in [1.82, 2.24) is 10.3 Å². The largest absolute Gasteiger partial charge is 0.467 e. The number of ether oxygens (including phenoxy) is 1. The van der Waals surface area contributed by atoms with Crippen LogP contribution in [-0.2, 0) is 16.0 Å². The summed E-state index contributed by atoms with van der Waals surface area (Å²) >= 11 is 0. The van der Waals surface area contributed by atoms with Crippen molar-refractivity contribution in [2.75, 3.05) is 7.11 Å². The van der Waals surface area contributed by atoms with Crippen LogP contribution in [0.3, 0.4) is 0 Å². The van der Waals surface area contributed by atoms with E-state index in [2.05, 4.69) is 10.3 Å². The number of nitrogens with zero attached hydrogens (tertiary/aromatic N) is 1. The van der Waals surface area contributed by atoms with Crippen LogP contribution in [0, 0.1) is 6.92 Å². The molecule has 132 valence electrons. The van der Waals surface area contributed by atoms with Gasteiger partial charge in [0.15, 0.2) is 0 Å². The summed E-state index contributed by atoms with van der Waals surface area (Å²) in [4.78, 5) is 29.1. The van der Waals surface area contributed by atoms with Crippen LogP contribution in [0.2, 0.25) is 0 Å². The average Bonchev–Trinajstić information content (AvgIpc) is 2.68. The molecular weight excluding hydrogens is 328 g/mol. The number of hydrogen-bond acceptors (Lipinski definition) is 4. The fraction of sp³-hybridized carbons (Fsp3) is 0.190. The monoisotopic (exact) mass is 348 g/mol. The highest BCUT2D eigenvalue weighted by Crippen LogP contribution is 2.12. The van der Waals surface area contributed by atoms with Crippen molar-refractivity contribution in [1.29, 1.82) is 0 Å². The first kappa shape index (κ1) is 17.6. The Bertz CT molecular complexity index is 935. The molecule has 1 atom stereocenters. The molecule has 0 aliphatic heterocycles. The normalized spacial score (nSPS) is 11.8. The molecule has 5 nitrogen and oxygen atoms in total. The van der Waals surface area contributed by atoms with Crippen molar-refractivity contribution in [3.8, 4) is 0 Å². The number of carbonyl (C=O) groups excluding carboxylic acids is 2. The smallest absolute Gasteiger partial charge is 0.328 e. The Balaban J connectivity index is 1.79. The standard InChI is InChI=1S/C21H20N2O3/c1-14-7-9-15(10-8-14)13-19(21(25)26-2)23-20(24)18-12-11-16-5-3-4-6-17(16)22-18/h3-12,19H,13H2,1-2H3,(H,23,24)/t19-/m0/s1. The number of fused-ring (bicyclic) bond motifs is 1. The van der Waals surface area contributed by atoms with E-state index in [1.165, 1.54) is 7.11 Å². The molecule has 5 heteroatoms. The fourth-order valence-electron chi connectivity index (χ4n) is 2.72. The molecule has 3 rings (SSSR count). The highest BCUT2D eigenvalue weighted by Gasteiger charge is 2.23. The van der Waals surface area contributed by atoms with Crippen LogP contribution in [0.5, 0.6) is 0 Å². The summed E-state index contributed by atoms with van der Waals surface area (Å²) in [6.45, 7) is 1.99. The fourth-order valence-corrected chi connectivity index (χ4v) is 2.72. The summed E-state index contributed by atoms with van der Waals surface area (Å²) in [5, 5.41) is 3.69. The van der Waals surface area contributed by atoms with Crippen LogP contribution in [0.1, 0.15) is 21.6 Å². The molecule has 1 N–H and O–H groups in total. The SMILES string of the molecule is COC(=O)[C@H](Cc1ccc(C)cc1)NC(=O)c1ccc2ccccc2n1. The molecule has 0 aliphatic rings. The van der Waals surface area contributed by atoms with Crippen molar-refractivity contribution in [3.63, 3.8) is 0 Å². The number of hydrogen-bond donors (Lipinski definition) is 1. The lowest BCUT2D eigenvalue weighted by molar-refractivity contribution is -0.142. The number of para-hydroxylation sites is 1. The summed E-state index contributed by atoms with van der Waals surface area (Å²) in [7, 11) is 1.31. The Morgan fingerprint density at radius 1 is 1.04 bits per heavy atom. The van der Waals surface area contributed by atoms with Gasteiger partial charge >= 0.3 is 5.97 Å². The molecule has 0 fully saturated rings. The number of aryl methyl sites for hydroxylation is 1. The van der Waals surface area contributed by atoms with E-state index >= 15 is 0 Å². The maximum atomic E-state index is 12.6. The van der Waals surface area contributed by atoms with E-state index in [9.17, 15) is 9.59 Å². The van der Waals surface area contributed by atoms with Gasteiger partial charge in [-0.05, 0) is 24.6 Å². The van der Waals surface area contributed by atoms with Gasteiger partial charge in [0.25, 0.3) is 5.91 Å². The van der Waals surface area contributed by atoms with E-state index in [1.807, 2.05) is 61.5 Å². The zero-order chi connectivity index (χ0) is 18.5. The first-order chi connectivity index (χ1) is 12.6. The Kier molecular flexibility index (Phi) is 5.27. The molecule has 1 amide bonds. The Labute approximate surface area is 152 Å². The molecule has 0 radical (unpaired) electrons. The first-order valence-electron chi connectivity index (χ1n) is 8.37. The molecule has 0 saturated carbocycles. The van der Waals surface area contributed by atoms with E-state index in [0.29, 0.717) is 6.42 Å². The van der Waals surface area contributed by atoms with E-state index in [0.717, 1.165) is 22.0 Å². The van der Waals surface area contributed by atoms with Gasteiger partial charge in [-0.25, -0.2) is 9.78 Å². The van der Waals surface area contributed by atoms with Crippen LogP contribution in [0.4, 0.5) is 0 Å². The number of methoxy groups -OCH3 is 1. The number of esters is 1. The quantitative estimate of drug-likeness (QED) is 0.720. The van der Waals surface area contributed by atoms with Crippen LogP contribution in [0.15, 0.2) is 60.7 Å². The van der Waals surface area contributed by atoms with Gasteiger partial charge in [0.05, 0.1) is 12.6 Å². The highest BCUT2D eigenvalue weighted by molar-refractivity contribution is 5.97. The highest BCUT2D eigenvalue weighted by atomic mass is 16.5. The number of nitrogens with one attached hydrogen (secondary N) is 1. The molecule has 2 aromatic carbocycles. The minimum absolute atomic E-state index is 0.265. The lowest BCUT2D eigenvalue weighted by Gasteiger charge is -2.16. The maximum Gasteiger partial charge on any atom is 0.328 e. The van der Waals surface area contributed by atoms with Crippen molar-refractivity contribution < 1.29 is 14.3 Å². The minimum atomic E-state index is -0.775. The van der Waals surface area contributed by atoms with E-state index in [4.69, 9.17) is 4.74 Å². The molecule has 1 heterocycles. The number of pyridine rings is 1. The summed E-state index contributed by atoms with van der Waals surface area (Å²) in [5.41, 5.74) is 3.07. The van der Waals surface area contributed by atoms with Gasteiger partial charge in [-0.3, -0.25) is 4.79 Å². The van der Waals surface area contributed by atoms with E-state index in [1.54, 1.807) is 6.07 Å². The van der Waals surface area contributed by atoms with Gasteiger partial charge < -0.3 is 10.1 Å². The van der Waals surface area contributed by atoms with Crippen molar-refractivity contribution in [2.24, 2.45) is 0 Å². The summed E-state index contributed by atoms with van der Waals surface area (Å²) in [6.07, 6.45) is 0.353. The Hall–Kier alpha value is -3.21. The second-order valence-corrected chi connectivity index (χ2v) is 6.13. The minimum Gasteiger partial charge on any atom is -0.467 e. The molecule has 0 spiro atoms. The number of rotatable bonds is 5. The van der Waals surface area contributed by atoms with Crippen molar-refractivity contribution >= 4 is 22.8 Å². The molecule has 0 aliphatic carbocycles. The number of benzene rings is 2. The molecule has 0 bridgehead atoms. The molecule has 3 aromatic rings. The lowest BCUT2D eigenvalue weighted by atomic mass is 10.0. The van der Waals surface area contributed by atoms with Crippen LogP contribution in [0.25, 0.3) is 10.9 Å². The lowest BCUT2D eigenvalue weighted by Crippen LogP contribution is -2.43.